The average molecular weight is 445 g/mol. The molecular weight excluding hydrogens is 422 g/mol. The summed E-state index contributed by atoms with van der Waals surface area (Å²) < 4.78 is 15.6. The normalized spacial score (nSPS) is 10.8. The largest absolute Gasteiger partial charge is 0.497 e. The minimum Gasteiger partial charge on any atom is -0.497 e. The van der Waals surface area contributed by atoms with Crippen LogP contribution >= 0.6 is 0 Å². The van der Waals surface area contributed by atoms with Gasteiger partial charge in [-0.3, -0.25) is 14.9 Å². The summed E-state index contributed by atoms with van der Waals surface area (Å²) in [5.41, 5.74) is 1.81. The average Bonchev–Trinajstić information content (AvgIpc) is 2.86. The summed E-state index contributed by atoms with van der Waals surface area (Å²) >= 11 is 0. The minimum atomic E-state index is -0.742. The van der Waals surface area contributed by atoms with Gasteiger partial charge in [0.1, 0.15) is 11.5 Å². The molecule has 0 unspecified atom stereocenters. The third-order valence-corrected chi connectivity index (χ3v) is 4.68. The van der Waals surface area contributed by atoms with E-state index in [-0.39, 0.29) is 11.1 Å². The van der Waals surface area contributed by atoms with Crippen molar-refractivity contribution >= 4 is 29.4 Å². The fourth-order valence-electron chi connectivity index (χ4n) is 3.01. The first-order valence-electron chi connectivity index (χ1n) is 10.1. The summed E-state index contributed by atoms with van der Waals surface area (Å²) in [6.07, 6.45) is 1.64. The number of nitrogens with one attached hydrogen (secondary N) is 1. The second-order valence-corrected chi connectivity index (χ2v) is 6.85. The van der Waals surface area contributed by atoms with Gasteiger partial charge < -0.3 is 14.2 Å². The predicted molar refractivity (Wildman–Crippen MR) is 124 cm³/mol. The second-order valence-electron chi connectivity index (χ2n) is 6.85. The van der Waals surface area contributed by atoms with Gasteiger partial charge in [0.25, 0.3) is 11.8 Å². The third kappa shape index (κ3) is 6.30. The summed E-state index contributed by atoms with van der Waals surface area (Å²) in [4.78, 5) is 37.3. The number of rotatable bonds is 8. The van der Waals surface area contributed by atoms with Crippen molar-refractivity contribution in [1.29, 1.82) is 0 Å². The van der Waals surface area contributed by atoms with Crippen molar-refractivity contribution < 1.29 is 28.6 Å². The molecule has 3 aromatic rings. The number of esters is 1. The van der Waals surface area contributed by atoms with Crippen molar-refractivity contribution in [2.75, 3.05) is 20.8 Å². The number of carbonyl (C=O) groups is 3. The number of hydrogen-bond donors (Lipinski definition) is 1. The molecule has 0 atom stereocenters. The molecule has 0 aliphatic rings. The van der Waals surface area contributed by atoms with Crippen LogP contribution in [0.5, 0.6) is 11.5 Å². The Morgan fingerprint density at radius 3 is 2.12 bits per heavy atom. The molecule has 168 valence electrons. The number of para-hydroxylation sites is 1. The van der Waals surface area contributed by atoms with E-state index in [1.165, 1.54) is 26.4 Å². The van der Waals surface area contributed by atoms with Gasteiger partial charge in [0.15, 0.2) is 6.61 Å². The van der Waals surface area contributed by atoms with E-state index in [2.05, 4.69) is 5.32 Å². The molecule has 0 fully saturated rings. The molecule has 3 rings (SSSR count). The van der Waals surface area contributed by atoms with Crippen molar-refractivity contribution in [2.45, 2.75) is 0 Å². The lowest BCUT2D eigenvalue weighted by atomic mass is 10.0. The van der Waals surface area contributed by atoms with Crippen LogP contribution < -0.4 is 14.8 Å². The molecule has 0 aromatic heterocycles. The first-order chi connectivity index (χ1) is 16.0. The third-order valence-electron chi connectivity index (χ3n) is 4.68. The van der Waals surface area contributed by atoms with E-state index >= 15 is 0 Å². The van der Waals surface area contributed by atoms with Gasteiger partial charge in [-0.05, 0) is 42.0 Å². The van der Waals surface area contributed by atoms with E-state index in [4.69, 9.17) is 14.2 Å². The van der Waals surface area contributed by atoms with E-state index in [1.54, 1.807) is 54.6 Å². The van der Waals surface area contributed by atoms with Gasteiger partial charge >= 0.3 is 5.97 Å². The molecule has 0 radical (unpaired) electrons. The Bertz CT molecular complexity index is 1150. The fraction of sp³-hybridized carbons (Fsp3) is 0.115. The van der Waals surface area contributed by atoms with Gasteiger partial charge in [-0.25, -0.2) is 4.79 Å². The lowest BCUT2D eigenvalue weighted by Crippen LogP contribution is -2.34. The van der Waals surface area contributed by atoms with E-state index in [0.717, 1.165) is 0 Å². The molecule has 3 aromatic carbocycles. The van der Waals surface area contributed by atoms with Crippen LogP contribution in [0.15, 0.2) is 78.9 Å². The van der Waals surface area contributed by atoms with Crippen LogP contribution in [0.2, 0.25) is 0 Å². The zero-order valence-electron chi connectivity index (χ0n) is 18.2. The van der Waals surface area contributed by atoms with Crippen molar-refractivity contribution in [3.8, 4) is 11.5 Å². The monoisotopic (exact) mass is 445 g/mol. The number of ether oxygens (including phenoxy) is 3. The lowest BCUT2D eigenvalue weighted by Gasteiger charge is -2.11. The van der Waals surface area contributed by atoms with Crippen LogP contribution in [0, 0.1) is 0 Å². The minimum absolute atomic E-state index is 0.245. The van der Waals surface area contributed by atoms with Crippen LogP contribution in [-0.2, 0) is 14.3 Å². The van der Waals surface area contributed by atoms with E-state index in [9.17, 15) is 14.4 Å². The standard InChI is InChI=1S/C26H23NO6/c1-31-21-14-12-19(13-15-21)25(29)27-24(28)17-33-26(30)22(18-8-4-3-5-9-18)16-20-10-6-7-11-23(20)32-2/h3-16H,17H2,1-2H3,(H,27,28,29)/b22-16+. The molecule has 0 spiro atoms. The summed E-state index contributed by atoms with van der Waals surface area (Å²) in [6.45, 7) is -0.614. The number of imide groups is 1. The number of amides is 2. The molecule has 0 bridgehead atoms. The predicted octanol–water partition coefficient (Wildman–Crippen LogP) is 3.74. The zero-order valence-corrected chi connectivity index (χ0v) is 18.2. The first-order valence-corrected chi connectivity index (χ1v) is 10.1. The quantitative estimate of drug-likeness (QED) is 0.323. The molecule has 0 saturated carbocycles. The molecule has 7 nitrogen and oxygen atoms in total. The number of carbonyl (C=O) groups excluding carboxylic acids is 3. The Morgan fingerprint density at radius 1 is 0.788 bits per heavy atom. The SMILES string of the molecule is COc1ccc(C(=O)NC(=O)COC(=O)/C(=C/c2ccccc2OC)c2ccccc2)cc1. The Morgan fingerprint density at radius 2 is 1.45 bits per heavy atom. The molecule has 0 heterocycles. The van der Waals surface area contributed by atoms with E-state index in [1.807, 2.05) is 18.2 Å². The maximum absolute atomic E-state index is 12.9. The van der Waals surface area contributed by atoms with Crippen molar-refractivity contribution in [3.05, 3.63) is 95.6 Å². The van der Waals surface area contributed by atoms with Gasteiger partial charge in [-0.2, -0.15) is 0 Å². The highest BCUT2D eigenvalue weighted by atomic mass is 16.5. The van der Waals surface area contributed by atoms with Crippen LogP contribution in [-0.4, -0.2) is 38.6 Å². The molecule has 1 N–H and O–H groups in total. The van der Waals surface area contributed by atoms with Gasteiger partial charge in [0, 0.05) is 11.1 Å². The molecular formula is C26H23NO6. The Hall–Kier alpha value is -4.39. The maximum Gasteiger partial charge on any atom is 0.339 e. The van der Waals surface area contributed by atoms with Crippen molar-refractivity contribution in [2.24, 2.45) is 0 Å². The van der Waals surface area contributed by atoms with Crippen molar-refractivity contribution in [1.82, 2.24) is 5.32 Å². The summed E-state index contributed by atoms with van der Waals surface area (Å²) in [5, 5.41) is 2.20. The first kappa shape index (κ1) is 23.3. The smallest absolute Gasteiger partial charge is 0.339 e. The Labute approximate surface area is 191 Å². The molecule has 7 heteroatoms. The Balaban J connectivity index is 1.71. The zero-order chi connectivity index (χ0) is 23.6. The van der Waals surface area contributed by atoms with Crippen molar-refractivity contribution in [3.63, 3.8) is 0 Å². The van der Waals surface area contributed by atoms with E-state index < -0.39 is 24.4 Å². The van der Waals surface area contributed by atoms with Crippen LogP contribution in [0.3, 0.4) is 0 Å². The van der Waals surface area contributed by atoms with E-state index in [0.29, 0.717) is 22.6 Å². The lowest BCUT2D eigenvalue weighted by molar-refractivity contribution is -0.142. The highest BCUT2D eigenvalue weighted by Crippen LogP contribution is 2.25. The van der Waals surface area contributed by atoms with Gasteiger partial charge in [0.2, 0.25) is 0 Å². The number of hydrogen-bond acceptors (Lipinski definition) is 6. The number of benzene rings is 3. The van der Waals surface area contributed by atoms with Crippen LogP contribution in [0.1, 0.15) is 21.5 Å². The molecule has 0 aliphatic carbocycles. The maximum atomic E-state index is 12.9. The molecule has 0 aliphatic heterocycles. The van der Waals surface area contributed by atoms with Gasteiger partial charge in [-0.15, -0.1) is 0 Å². The summed E-state index contributed by atoms with van der Waals surface area (Å²) in [5.74, 6) is -0.886. The molecule has 33 heavy (non-hydrogen) atoms. The summed E-state index contributed by atoms with van der Waals surface area (Å²) in [6, 6.07) is 22.4. The molecule has 0 saturated heterocycles. The highest BCUT2D eigenvalue weighted by molar-refractivity contribution is 6.22. The van der Waals surface area contributed by atoms with Crippen LogP contribution in [0.25, 0.3) is 11.6 Å². The second kappa shape index (κ2) is 11.3. The number of methoxy groups -OCH3 is 2. The van der Waals surface area contributed by atoms with Gasteiger partial charge in [0.05, 0.1) is 19.8 Å². The Kier molecular flexibility index (Phi) is 7.96. The summed E-state index contributed by atoms with van der Waals surface area (Å²) in [7, 11) is 3.05. The highest BCUT2D eigenvalue weighted by Gasteiger charge is 2.18. The van der Waals surface area contributed by atoms with Crippen LogP contribution in [0.4, 0.5) is 0 Å². The fourth-order valence-corrected chi connectivity index (χ4v) is 3.01. The van der Waals surface area contributed by atoms with Gasteiger partial charge in [-0.1, -0.05) is 48.5 Å². The molecule has 2 amide bonds. The topological polar surface area (TPSA) is 90.9 Å².